The van der Waals surface area contributed by atoms with Gasteiger partial charge in [-0.2, -0.15) is 4.31 Å². The molecule has 0 radical (unpaired) electrons. The van der Waals surface area contributed by atoms with E-state index in [1.54, 1.807) is 0 Å². The number of benzene rings is 1. The molecule has 0 saturated carbocycles. The second-order valence-corrected chi connectivity index (χ2v) is 7.89. The van der Waals surface area contributed by atoms with Crippen molar-refractivity contribution >= 4 is 26.9 Å². The number of aromatic nitrogens is 2. The molecule has 1 atom stereocenters. The van der Waals surface area contributed by atoms with Crippen molar-refractivity contribution in [1.29, 1.82) is 0 Å². The molecular formula is C15H17N3O6S. The van der Waals surface area contributed by atoms with Gasteiger partial charge in [0.15, 0.2) is 0 Å². The molecule has 0 unspecified atom stereocenters. The third kappa shape index (κ3) is 2.57. The Morgan fingerprint density at radius 3 is 2.52 bits per heavy atom. The number of hydrogen-bond acceptors (Lipinski definition) is 5. The molecule has 1 aromatic carbocycles. The van der Waals surface area contributed by atoms with Gasteiger partial charge in [-0.3, -0.25) is 18.7 Å². The molecule has 2 heterocycles. The van der Waals surface area contributed by atoms with Crippen LogP contribution in [-0.2, 0) is 28.9 Å². The van der Waals surface area contributed by atoms with Gasteiger partial charge in [0.1, 0.15) is 6.04 Å². The molecule has 0 amide bonds. The standard InChI is InChI=1S/C15H17N3O6S/c1-16-11-6-5-9(8-10(11)13(19)17(2)15(16)22)25(23,24)18-7-3-4-12(18)14(20)21/h5-6,8,12H,3-4,7H2,1-2H3,(H,20,21)/t12-/m0/s1. The van der Waals surface area contributed by atoms with Crippen LogP contribution in [0.4, 0.5) is 0 Å². The first-order valence-electron chi connectivity index (χ1n) is 7.60. The van der Waals surface area contributed by atoms with E-state index in [0.29, 0.717) is 11.9 Å². The molecule has 2 aromatic rings. The second kappa shape index (κ2) is 5.81. The molecule has 1 aliphatic rings. The third-order valence-electron chi connectivity index (χ3n) is 4.53. The minimum Gasteiger partial charge on any atom is -0.480 e. The number of hydrogen-bond donors (Lipinski definition) is 1. The van der Waals surface area contributed by atoms with Crippen LogP contribution in [0.25, 0.3) is 10.9 Å². The van der Waals surface area contributed by atoms with Gasteiger partial charge in [-0.05, 0) is 31.0 Å². The fourth-order valence-electron chi connectivity index (χ4n) is 3.15. The van der Waals surface area contributed by atoms with Crippen LogP contribution < -0.4 is 11.2 Å². The van der Waals surface area contributed by atoms with E-state index in [1.807, 2.05) is 0 Å². The zero-order chi connectivity index (χ0) is 18.5. The van der Waals surface area contributed by atoms with Gasteiger partial charge in [0.25, 0.3) is 5.56 Å². The number of aliphatic carboxylic acids is 1. The first-order chi connectivity index (χ1) is 11.7. The Morgan fingerprint density at radius 1 is 1.20 bits per heavy atom. The quantitative estimate of drug-likeness (QED) is 0.779. The molecular weight excluding hydrogens is 350 g/mol. The summed E-state index contributed by atoms with van der Waals surface area (Å²) in [5.74, 6) is -1.19. The maximum absolute atomic E-state index is 12.8. The number of carboxylic acid groups (broad SMARTS) is 1. The Hall–Kier alpha value is -2.46. The highest BCUT2D eigenvalue weighted by atomic mass is 32.2. The van der Waals surface area contributed by atoms with Crippen molar-refractivity contribution in [1.82, 2.24) is 13.4 Å². The van der Waals surface area contributed by atoms with Crippen molar-refractivity contribution in [2.24, 2.45) is 14.1 Å². The van der Waals surface area contributed by atoms with Crippen molar-refractivity contribution in [2.45, 2.75) is 23.8 Å². The zero-order valence-electron chi connectivity index (χ0n) is 13.7. The Bertz CT molecular complexity index is 1100. The highest BCUT2D eigenvalue weighted by Gasteiger charge is 2.39. The molecule has 1 saturated heterocycles. The van der Waals surface area contributed by atoms with Crippen LogP contribution >= 0.6 is 0 Å². The molecule has 0 bridgehead atoms. The summed E-state index contributed by atoms with van der Waals surface area (Å²) in [4.78, 5) is 35.4. The number of carbonyl (C=O) groups is 1. The molecule has 25 heavy (non-hydrogen) atoms. The van der Waals surface area contributed by atoms with Gasteiger partial charge in [0, 0.05) is 20.6 Å². The first-order valence-corrected chi connectivity index (χ1v) is 9.04. The van der Waals surface area contributed by atoms with Crippen LogP contribution in [0.1, 0.15) is 12.8 Å². The molecule has 1 aromatic heterocycles. The molecule has 3 rings (SSSR count). The van der Waals surface area contributed by atoms with E-state index in [4.69, 9.17) is 0 Å². The van der Waals surface area contributed by atoms with E-state index in [2.05, 4.69) is 0 Å². The smallest absolute Gasteiger partial charge is 0.330 e. The Morgan fingerprint density at radius 2 is 1.88 bits per heavy atom. The Balaban J connectivity index is 2.21. The van der Waals surface area contributed by atoms with Crippen LogP contribution in [0, 0.1) is 0 Å². The summed E-state index contributed by atoms with van der Waals surface area (Å²) in [5, 5.41) is 9.30. The molecule has 10 heteroatoms. The van der Waals surface area contributed by atoms with Crippen LogP contribution in [0.2, 0.25) is 0 Å². The van der Waals surface area contributed by atoms with Crippen molar-refractivity contribution in [3.8, 4) is 0 Å². The van der Waals surface area contributed by atoms with Crippen LogP contribution in [-0.4, -0.2) is 45.5 Å². The van der Waals surface area contributed by atoms with Gasteiger partial charge in [0.05, 0.1) is 15.8 Å². The topological polar surface area (TPSA) is 119 Å². The summed E-state index contributed by atoms with van der Waals surface area (Å²) in [6.07, 6.45) is 0.707. The average Bonchev–Trinajstić information content (AvgIpc) is 3.08. The van der Waals surface area contributed by atoms with Gasteiger partial charge in [-0.15, -0.1) is 0 Å². The zero-order valence-corrected chi connectivity index (χ0v) is 14.5. The lowest BCUT2D eigenvalue weighted by molar-refractivity contribution is -0.140. The number of nitrogens with zero attached hydrogens (tertiary/aromatic N) is 3. The monoisotopic (exact) mass is 367 g/mol. The van der Waals surface area contributed by atoms with Crippen molar-refractivity contribution in [2.75, 3.05) is 6.54 Å². The molecule has 134 valence electrons. The van der Waals surface area contributed by atoms with Crippen LogP contribution in [0.3, 0.4) is 0 Å². The van der Waals surface area contributed by atoms with E-state index in [1.165, 1.54) is 36.9 Å². The summed E-state index contributed by atoms with van der Waals surface area (Å²) in [5.41, 5.74) is -0.812. The normalized spacial score (nSPS) is 18.7. The maximum Gasteiger partial charge on any atom is 0.330 e. The highest BCUT2D eigenvalue weighted by Crippen LogP contribution is 2.27. The van der Waals surface area contributed by atoms with Gasteiger partial charge in [-0.1, -0.05) is 0 Å². The second-order valence-electron chi connectivity index (χ2n) is 6.00. The van der Waals surface area contributed by atoms with Gasteiger partial charge in [0.2, 0.25) is 10.0 Å². The Labute approximate surface area is 142 Å². The lowest BCUT2D eigenvalue weighted by Gasteiger charge is -2.21. The fourth-order valence-corrected chi connectivity index (χ4v) is 4.82. The number of rotatable bonds is 3. The van der Waals surface area contributed by atoms with Crippen LogP contribution in [0.15, 0.2) is 32.7 Å². The fraction of sp³-hybridized carbons (Fsp3) is 0.400. The van der Waals surface area contributed by atoms with E-state index in [9.17, 15) is 27.9 Å². The minimum absolute atomic E-state index is 0.0803. The summed E-state index contributed by atoms with van der Waals surface area (Å²) < 4.78 is 28.8. The van der Waals surface area contributed by atoms with E-state index >= 15 is 0 Å². The molecule has 0 spiro atoms. The number of sulfonamides is 1. The van der Waals surface area contributed by atoms with Crippen molar-refractivity contribution in [3.05, 3.63) is 39.0 Å². The minimum atomic E-state index is -4.06. The van der Waals surface area contributed by atoms with E-state index in [0.717, 1.165) is 8.87 Å². The Kier molecular flexibility index (Phi) is 4.04. The SMILES string of the molecule is Cn1c(=O)c2cc(S(=O)(=O)N3CCC[C@H]3C(=O)O)ccc2n(C)c1=O. The van der Waals surface area contributed by atoms with Crippen molar-refractivity contribution in [3.63, 3.8) is 0 Å². The summed E-state index contributed by atoms with van der Waals surface area (Å²) in [7, 11) is -1.26. The number of fused-ring (bicyclic) bond motifs is 1. The third-order valence-corrected chi connectivity index (χ3v) is 6.44. The molecule has 1 N–H and O–H groups in total. The lowest BCUT2D eigenvalue weighted by atomic mass is 10.2. The first kappa shape index (κ1) is 17.4. The molecule has 0 aliphatic carbocycles. The molecule has 9 nitrogen and oxygen atoms in total. The van der Waals surface area contributed by atoms with Gasteiger partial charge in [-0.25, -0.2) is 13.2 Å². The predicted molar refractivity (Wildman–Crippen MR) is 89.0 cm³/mol. The average molecular weight is 367 g/mol. The lowest BCUT2D eigenvalue weighted by Crippen LogP contribution is -2.40. The summed E-state index contributed by atoms with van der Waals surface area (Å²) in [6.45, 7) is 0.114. The molecule has 1 aliphatic heterocycles. The largest absolute Gasteiger partial charge is 0.480 e. The van der Waals surface area contributed by atoms with Crippen molar-refractivity contribution < 1.29 is 18.3 Å². The van der Waals surface area contributed by atoms with E-state index in [-0.39, 0.29) is 23.2 Å². The maximum atomic E-state index is 12.8. The number of carboxylic acids is 1. The highest BCUT2D eigenvalue weighted by molar-refractivity contribution is 7.89. The molecule has 1 fully saturated rings. The summed E-state index contributed by atoms with van der Waals surface area (Å²) >= 11 is 0. The number of aryl methyl sites for hydroxylation is 1. The summed E-state index contributed by atoms with van der Waals surface area (Å²) in [6, 6.07) is 2.76. The van der Waals surface area contributed by atoms with E-state index < -0.39 is 33.3 Å². The van der Waals surface area contributed by atoms with Gasteiger partial charge < -0.3 is 5.11 Å². The van der Waals surface area contributed by atoms with Crippen LogP contribution in [0.5, 0.6) is 0 Å². The van der Waals surface area contributed by atoms with Gasteiger partial charge >= 0.3 is 11.7 Å². The predicted octanol–water partition coefficient (Wildman–Crippen LogP) is -0.525.